The number of amides is 2. The smallest absolute Gasteiger partial charge is 0.326 e. The summed E-state index contributed by atoms with van der Waals surface area (Å²) in [6.07, 6.45) is 0.0518. The van der Waals surface area contributed by atoms with Crippen LogP contribution in [-0.4, -0.2) is 36.0 Å². The van der Waals surface area contributed by atoms with E-state index in [1.807, 2.05) is 0 Å². The summed E-state index contributed by atoms with van der Waals surface area (Å²) < 4.78 is 5.07. The molecule has 27 heavy (non-hydrogen) atoms. The van der Waals surface area contributed by atoms with Crippen molar-refractivity contribution in [1.82, 2.24) is 5.32 Å². The number of nitrogens with one attached hydrogen (secondary N) is 2. The first-order valence-corrected chi connectivity index (χ1v) is 8.41. The molecule has 0 aliphatic heterocycles. The fraction of sp³-hybridized carbons (Fsp3) is 0.211. The van der Waals surface area contributed by atoms with Crippen LogP contribution in [0.5, 0.6) is 5.75 Å². The van der Waals surface area contributed by atoms with Crippen molar-refractivity contribution in [2.75, 3.05) is 12.4 Å². The van der Waals surface area contributed by atoms with Crippen molar-refractivity contribution in [3.05, 3.63) is 58.6 Å². The second kappa shape index (κ2) is 9.05. The molecule has 1 atom stereocenters. The lowest BCUT2D eigenvalue weighted by Crippen LogP contribution is -2.42. The second-order valence-corrected chi connectivity index (χ2v) is 6.21. The fourth-order valence-electron chi connectivity index (χ4n) is 2.46. The number of halogens is 1. The number of benzene rings is 2. The molecule has 8 heteroatoms. The number of carboxylic acid groups (broad SMARTS) is 1. The largest absolute Gasteiger partial charge is 0.495 e. The SMILES string of the molecule is COc1ccc(C[C@@H](NC(=O)c2cccc(NC(C)=O)c2)C(=O)O)cc1Cl. The van der Waals surface area contributed by atoms with Gasteiger partial charge in [0.05, 0.1) is 12.1 Å². The molecule has 0 aliphatic carbocycles. The highest BCUT2D eigenvalue weighted by Crippen LogP contribution is 2.25. The molecule has 0 spiro atoms. The molecular formula is C19H19ClN2O5. The van der Waals surface area contributed by atoms with Crippen LogP contribution in [-0.2, 0) is 16.0 Å². The highest BCUT2D eigenvalue weighted by molar-refractivity contribution is 6.32. The van der Waals surface area contributed by atoms with E-state index in [0.29, 0.717) is 22.0 Å². The number of methoxy groups -OCH3 is 1. The topological polar surface area (TPSA) is 105 Å². The van der Waals surface area contributed by atoms with Crippen molar-refractivity contribution in [3.8, 4) is 5.75 Å². The van der Waals surface area contributed by atoms with Crippen LogP contribution in [0.2, 0.25) is 5.02 Å². The molecule has 0 heterocycles. The molecule has 0 saturated carbocycles. The lowest BCUT2D eigenvalue weighted by molar-refractivity contribution is -0.139. The van der Waals surface area contributed by atoms with E-state index in [2.05, 4.69) is 10.6 Å². The third-order valence-electron chi connectivity index (χ3n) is 3.70. The number of anilines is 1. The highest BCUT2D eigenvalue weighted by atomic mass is 35.5. The molecule has 3 N–H and O–H groups in total. The molecule has 142 valence electrons. The summed E-state index contributed by atoms with van der Waals surface area (Å²) in [6.45, 7) is 1.35. The average molecular weight is 391 g/mol. The number of rotatable bonds is 7. The maximum Gasteiger partial charge on any atom is 0.326 e. The van der Waals surface area contributed by atoms with E-state index < -0.39 is 17.9 Å². The Morgan fingerprint density at radius 1 is 1.19 bits per heavy atom. The molecule has 0 radical (unpaired) electrons. The third-order valence-corrected chi connectivity index (χ3v) is 4.00. The van der Waals surface area contributed by atoms with Gasteiger partial charge >= 0.3 is 5.97 Å². The van der Waals surface area contributed by atoms with E-state index in [4.69, 9.17) is 16.3 Å². The lowest BCUT2D eigenvalue weighted by Gasteiger charge is -2.16. The van der Waals surface area contributed by atoms with E-state index in [1.54, 1.807) is 30.3 Å². The molecule has 0 aliphatic rings. The number of aliphatic carboxylic acids is 1. The third kappa shape index (κ3) is 5.72. The first kappa shape index (κ1) is 20.3. The molecule has 2 aromatic rings. The van der Waals surface area contributed by atoms with Crippen molar-refractivity contribution in [2.24, 2.45) is 0 Å². The zero-order valence-corrected chi connectivity index (χ0v) is 15.5. The molecule has 0 saturated heterocycles. The average Bonchev–Trinajstić information content (AvgIpc) is 2.60. The minimum absolute atomic E-state index is 0.0518. The van der Waals surface area contributed by atoms with Gasteiger partial charge in [-0.25, -0.2) is 4.79 Å². The Morgan fingerprint density at radius 2 is 1.93 bits per heavy atom. The number of carbonyl (C=O) groups excluding carboxylic acids is 2. The maximum atomic E-state index is 12.4. The van der Waals surface area contributed by atoms with E-state index >= 15 is 0 Å². The number of ether oxygens (including phenoxy) is 1. The van der Waals surface area contributed by atoms with Crippen molar-refractivity contribution >= 4 is 35.1 Å². The fourth-order valence-corrected chi connectivity index (χ4v) is 2.74. The van der Waals surface area contributed by atoms with Crippen molar-refractivity contribution in [2.45, 2.75) is 19.4 Å². The first-order chi connectivity index (χ1) is 12.8. The van der Waals surface area contributed by atoms with Crippen LogP contribution in [0.4, 0.5) is 5.69 Å². The lowest BCUT2D eigenvalue weighted by atomic mass is 10.0. The van der Waals surface area contributed by atoms with Crippen LogP contribution in [0, 0.1) is 0 Å². The monoisotopic (exact) mass is 390 g/mol. The summed E-state index contributed by atoms with van der Waals surface area (Å²) in [5.74, 6) is -1.53. The first-order valence-electron chi connectivity index (χ1n) is 8.04. The Labute approximate surface area is 161 Å². The molecule has 2 aromatic carbocycles. The predicted molar refractivity (Wildman–Crippen MR) is 101 cm³/mol. The van der Waals surface area contributed by atoms with Crippen LogP contribution in [0.3, 0.4) is 0 Å². The maximum absolute atomic E-state index is 12.4. The quantitative estimate of drug-likeness (QED) is 0.674. The zero-order valence-electron chi connectivity index (χ0n) is 14.8. The van der Waals surface area contributed by atoms with E-state index in [1.165, 1.54) is 26.2 Å². The number of carboxylic acids is 1. The van der Waals surface area contributed by atoms with E-state index in [9.17, 15) is 19.5 Å². The van der Waals surface area contributed by atoms with Gasteiger partial charge in [-0.3, -0.25) is 9.59 Å². The van der Waals surface area contributed by atoms with Crippen LogP contribution >= 0.6 is 11.6 Å². The summed E-state index contributed by atoms with van der Waals surface area (Å²) in [6, 6.07) is 10.0. The second-order valence-electron chi connectivity index (χ2n) is 5.80. The Balaban J connectivity index is 2.14. The normalized spacial score (nSPS) is 11.4. The van der Waals surface area contributed by atoms with Gasteiger partial charge < -0.3 is 20.5 Å². The van der Waals surface area contributed by atoms with E-state index in [-0.39, 0.29) is 17.9 Å². The summed E-state index contributed by atoms with van der Waals surface area (Å²) in [5, 5.41) is 14.9. The number of hydrogen-bond donors (Lipinski definition) is 3. The summed E-state index contributed by atoms with van der Waals surface area (Å²) in [4.78, 5) is 35.1. The molecular weight excluding hydrogens is 372 g/mol. The van der Waals surface area contributed by atoms with Crippen molar-refractivity contribution < 1.29 is 24.2 Å². The summed E-state index contributed by atoms with van der Waals surface area (Å²) >= 11 is 6.06. The highest BCUT2D eigenvalue weighted by Gasteiger charge is 2.22. The van der Waals surface area contributed by atoms with Gasteiger partial charge in [-0.05, 0) is 35.9 Å². The van der Waals surface area contributed by atoms with Crippen LogP contribution in [0.15, 0.2) is 42.5 Å². The molecule has 0 aromatic heterocycles. The predicted octanol–water partition coefficient (Wildman–Crippen LogP) is 2.73. The summed E-state index contributed by atoms with van der Waals surface area (Å²) in [5.41, 5.74) is 1.32. The standard InChI is InChI=1S/C19H19ClN2O5/c1-11(23)21-14-5-3-4-13(10-14)18(24)22-16(19(25)26)9-12-6-7-17(27-2)15(20)8-12/h3-8,10,16H,9H2,1-2H3,(H,21,23)(H,22,24)(H,25,26)/t16-/m1/s1. The van der Waals surface area contributed by atoms with Gasteiger partial charge in [0.25, 0.3) is 5.91 Å². The number of hydrogen-bond acceptors (Lipinski definition) is 4. The molecule has 2 rings (SSSR count). The van der Waals surface area contributed by atoms with Crippen molar-refractivity contribution in [1.29, 1.82) is 0 Å². The molecule has 0 unspecified atom stereocenters. The van der Waals surface area contributed by atoms with Crippen LogP contribution in [0.1, 0.15) is 22.8 Å². The van der Waals surface area contributed by atoms with Crippen LogP contribution in [0.25, 0.3) is 0 Å². The van der Waals surface area contributed by atoms with Gasteiger partial charge in [0.15, 0.2) is 0 Å². The molecule has 0 bridgehead atoms. The van der Waals surface area contributed by atoms with E-state index in [0.717, 1.165) is 0 Å². The van der Waals surface area contributed by atoms with Gasteiger partial charge in [-0.2, -0.15) is 0 Å². The van der Waals surface area contributed by atoms with Crippen LogP contribution < -0.4 is 15.4 Å². The van der Waals surface area contributed by atoms with Gasteiger partial charge in [0.2, 0.25) is 5.91 Å². The molecule has 2 amide bonds. The van der Waals surface area contributed by atoms with Gasteiger partial charge in [-0.15, -0.1) is 0 Å². The Morgan fingerprint density at radius 3 is 2.52 bits per heavy atom. The van der Waals surface area contributed by atoms with Gasteiger partial charge in [0.1, 0.15) is 11.8 Å². The summed E-state index contributed by atoms with van der Waals surface area (Å²) in [7, 11) is 1.48. The zero-order chi connectivity index (χ0) is 20.0. The Kier molecular flexibility index (Phi) is 6.79. The molecule has 7 nitrogen and oxygen atoms in total. The van der Waals surface area contributed by atoms with Gasteiger partial charge in [0, 0.05) is 24.6 Å². The minimum Gasteiger partial charge on any atom is -0.495 e. The Hall–Kier alpha value is -3.06. The van der Waals surface area contributed by atoms with Gasteiger partial charge in [-0.1, -0.05) is 23.7 Å². The number of carbonyl (C=O) groups is 3. The Bertz CT molecular complexity index is 869. The molecule has 0 fully saturated rings. The van der Waals surface area contributed by atoms with Crippen molar-refractivity contribution in [3.63, 3.8) is 0 Å². The minimum atomic E-state index is -1.17.